The van der Waals surface area contributed by atoms with Crippen LogP contribution in [0.15, 0.2) is 16.6 Å². The number of hydrogen-bond acceptors (Lipinski definition) is 1. The molecule has 0 heterocycles. The smallest absolute Gasteiger partial charge is 0.314 e. The summed E-state index contributed by atoms with van der Waals surface area (Å²) >= 11 is 2.99. The first-order chi connectivity index (χ1) is 8.49. The van der Waals surface area contributed by atoms with Crippen molar-refractivity contribution in [3.63, 3.8) is 0 Å². The van der Waals surface area contributed by atoms with Crippen molar-refractivity contribution in [2.75, 3.05) is 0 Å². The summed E-state index contributed by atoms with van der Waals surface area (Å²) in [5.41, 5.74) is -1.72. The highest BCUT2D eigenvalue weighted by Crippen LogP contribution is 2.43. The second kappa shape index (κ2) is 4.96. The lowest BCUT2D eigenvalue weighted by atomic mass is 9.69. The molecule has 0 radical (unpaired) electrons. The summed E-state index contributed by atoms with van der Waals surface area (Å²) in [5.74, 6) is -2.71. The predicted octanol–water partition coefficient (Wildman–Crippen LogP) is 4.01. The number of carbonyl (C=O) groups is 1. The Morgan fingerprint density at radius 1 is 1.22 bits per heavy atom. The van der Waals surface area contributed by atoms with Gasteiger partial charge in [-0.25, -0.2) is 8.78 Å². The van der Waals surface area contributed by atoms with Gasteiger partial charge in [0.05, 0.1) is 9.89 Å². The van der Waals surface area contributed by atoms with Crippen molar-refractivity contribution in [2.24, 2.45) is 0 Å². The van der Waals surface area contributed by atoms with Crippen LogP contribution in [-0.2, 0) is 10.2 Å². The van der Waals surface area contributed by atoms with Crippen LogP contribution in [0.25, 0.3) is 0 Å². The quantitative estimate of drug-likeness (QED) is 0.836. The van der Waals surface area contributed by atoms with E-state index in [0.29, 0.717) is 12.8 Å². The topological polar surface area (TPSA) is 37.3 Å². The normalized spacial score (nSPS) is 18.6. The molecule has 1 aliphatic carbocycles. The van der Waals surface area contributed by atoms with E-state index in [1.807, 2.05) is 0 Å². The molecule has 1 aliphatic rings. The highest BCUT2D eigenvalue weighted by molar-refractivity contribution is 9.10. The van der Waals surface area contributed by atoms with Crippen molar-refractivity contribution < 1.29 is 18.7 Å². The molecule has 1 saturated carbocycles. The number of benzene rings is 1. The van der Waals surface area contributed by atoms with Crippen LogP contribution in [0.5, 0.6) is 0 Å². The Balaban J connectivity index is 2.63. The molecule has 1 fully saturated rings. The van der Waals surface area contributed by atoms with Crippen LogP contribution in [0, 0.1) is 11.6 Å². The van der Waals surface area contributed by atoms with Crippen LogP contribution in [0.4, 0.5) is 8.78 Å². The average Bonchev–Trinajstić information content (AvgIpc) is 2.35. The second-order valence-electron chi connectivity index (χ2n) is 4.67. The highest BCUT2D eigenvalue weighted by Gasteiger charge is 2.45. The molecule has 0 aromatic heterocycles. The molecule has 0 aliphatic heterocycles. The minimum atomic E-state index is -1.42. The molecule has 0 spiro atoms. The SMILES string of the molecule is O=C(O)C1(c2c(F)ccc(Br)c2F)CCCCC1. The largest absolute Gasteiger partial charge is 0.481 e. The van der Waals surface area contributed by atoms with Gasteiger partial charge in [-0.15, -0.1) is 0 Å². The third kappa shape index (κ3) is 2.05. The second-order valence-corrected chi connectivity index (χ2v) is 5.52. The fraction of sp³-hybridized carbons (Fsp3) is 0.462. The fourth-order valence-electron chi connectivity index (χ4n) is 2.69. The Hall–Kier alpha value is -0.970. The van der Waals surface area contributed by atoms with Crippen molar-refractivity contribution in [1.29, 1.82) is 0 Å². The number of aliphatic carboxylic acids is 1. The Kier molecular flexibility index (Phi) is 3.71. The van der Waals surface area contributed by atoms with Crippen molar-refractivity contribution in [3.05, 3.63) is 33.8 Å². The van der Waals surface area contributed by atoms with E-state index in [4.69, 9.17) is 0 Å². The molecule has 2 nitrogen and oxygen atoms in total. The minimum Gasteiger partial charge on any atom is -0.481 e. The summed E-state index contributed by atoms with van der Waals surface area (Å²) < 4.78 is 28.1. The molecule has 1 aromatic rings. The lowest BCUT2D eigenvalue weighted by Crippen LogP contribution is -2.39. The van der Waals surface area contributed by atoms with Gasteiger partial charge < -0.3 is 5.11 Å². The number of hydrogen-bond donors (Lipinski definition) is 1. The summed E-state index contributed by atoms with van der Waals surface area (Å²) in [6.07, 6.45) is 2.83. The Morgan fingerprint density at radius 2 is 1.83 bits per heavy atom. The van der Waals surface area contributed by atoms with E-state index < -0.39 is 23.0 Å². The van der Waals surface area contributed by atoms with E-state index in [1.54, 1.807) is 0 Å². The summed E-state index contributed by atoms with van der Waals surface area (Å²) in [7, 11) is 0. The molecule has 5 heteroatoms. The van der Waals surface area contributed by atoms with Gasteiger partial charge in [0.2, 0.25) is 0 Å². The molecule has 1 aromatic carbocycles. The first-order valence-electron chi connectivity index (χ1n) is 5.86. The van der Waals surface area contributed by atoms with E-state index in [1.165, 1.54) is 6.07 Å². The standard InChI is InChI=1S/C13H13BrF2O2/c14-8-4-5-9(15)10(11(8)16)13(12(17)18)6-2-1-3-7-13/h4-5H,1-3,6-7H2,(H,17,18). The summed E-state index contributed by atoms with van der Waals surface area (Å²) in [5, 5.41) is 9.43. The van der Waals surface area contributed by atoms with E-state index in [-0.39, 0.29) is 22.9 Å². The summed E-state index contributed by atoms with van der Waals surface area (Å²) in [6, 6.07) is 2.37. The van der Waals surface area contributed by atoms with E-state index in [0.717, 1.165) is 12.5 Å². The molecular weight excluding hydrogens is 306 g/mol. The molecule has 18 heavy (non-hydrogen) atoms. The van der Waals surface area contributed by atoms with Crippen LogP contribution in [0.2, 0.25) is 0 Å². The van der Waals surface area contributed by atoms with E-state index >= 15 is 0 Å². The van der Waals surface area contributed by atoms with Gasteiger partial charge in [0.1, 0.15) is 11.6 Å². The third-order valence-corrected chi connectivity index (χ3v) is 4.25. The third-order valence-electron chi connectivity index (χ3n) is 3.64. The van der Waals surface area contributed by atoms with Gasteiger partial charge in [0.15, 0.2) is 0 Å². The van der Waals surface area contributed by atoms with E-state index in [2.05, 4.69) is 15.9 Å². The van der Waals surface area contributed by atoms with Gasteiger partial charge in [-0.05, 0) is 40.9 Å². The van der Waals surface area contributed by atoms with Gasteiger partial charge in [-0.3, -0.25) is 4.79 Å². The van der Waals surface area contributed by atoms with Gasteiger partial charge in [0.25, 0.3) is 0 Å². The Labute approximate surface area is 112 Å². The maximum absolute atomic E-state index is 14.1. The zero-order valence-electron chi connectivity index (χ0n) is 9.68. The van der Waals surface area contributed by atoms with Crippen molar-refractivity contribution in [1.82, 2.24) is 0 Å². The fourth-order valence-corrected chi connectivity index (χ4v) is 3.02. The van der Waals surface area contributed by atoms with Crippen LogP contribution < -0.4 is 0 Å². The lowest BCUT2D eigenvalue weighted by Gasteiger charge is -2.34. The molecular formula is C13H13BrF2O2. The summed E-state index contributed by atoms with van der Waals surface area (Å²) in [4.78, 5) is 11.5. The van der Waals surface area contributed by atoms with Crippen molar-refractivity contribution >= 4 is 21.9 Å². The van der Waals surface area contributed by atoms with Crippen molar-refractivity contribution in [3.8, 4) is 0 Å². The summed E-state index contributed by atoms with van der Waals surface area (Å²) in [6.45, 7) is 0. The first kappa shape index (κ1) is 13.5. The van der Waals surface area contributed by atoms with E-state index in [9.17, 15) is 18.7 Å². The molecule has 2 rings (SSSR count). The number of carboxylic acids is 1. The molecule has 0 bridgehead atoms. The first-order valence-corrected chi connectivity index (χ1v) is 6.66. The molecule has 98 valence electrons. The Bertz CT molecular complexity index is 482. The van der Waals surface area contributed by atoms with Crippen LogP contribution in [0.3, 0.4) is 0 Å². The maximum Gasteiger partial charge on any atom is 0.314 e. The minimum absolute atomic E-state index is 0.102. The molecule has 0 saturated heterocycles. The Morgan fingerprint density at radius 3 is 2.39 bits per heavy atom. The zero-order chi connectivity index (χ0) is 13.3. The van der Waals surface area contributed by atoms with Gasteiger partial charge >= 0.3 is 5.97 Å². The number of carboxylic acid groups (broad SMARTS) is 1. The highest BCUT2D eigenvalue weighted by atomic mass is 79.9. The van der Waals surface area contributed by atoms with Gasteiger partial charge in [-0.2, -0.15) is 0 Å². The average molecular weight is 319 g/mol. The van der Waals surface area contributed by atoms with Gasteiger partial charge in [-0.1, -0.05) is 19.3 Å². The number of rotatable bonds is 2. The van der Waals surface area contributed by atoms with Crippen LogP contribution in [-0.4, -0.2) is 11.1 Å². The maximum atomic E-state index is 14.1. The van der Waals surface area contributed by atoms with Crippen LogP contribution >= 0.6 is 15.9 Å². The lowest BCUT2D eigenvalue weighted by molar-refractivity contribution is -0.145. The monoisotopic (exact) mass is 318 g/mol. The molecule has 0 atom stereocenters. The predicted molar refractivity (Wildman–Crippen MR) is 66.5 cm³/mol. The molecule has 0 amide bonds. The molecule has 1 N–H and O–H groups in total. The van der Waals surface area contributed by atoms with Crippen molar-refractivity contribution in [2.45, 2.75) is 37.5 Å². The molecule has 0 unspecified atom stereocenters. The van der Waals surface area contributed by atoms with Gasteiger partial charge in [0, 0.05) is 5.56 Å². The van der Waals surface area contributed by atoms with Crippen LogP contribution in [0.1, 0.15) is 37.7 Å². The number of halogens is 3. The zero-order valence-corrected chi connectivity index (χ0v) is 11.3.